The molecule has 0 spiro atoms. The summed E-state index contributed by atoms with van der Waals surface area (Å²) in [6, 6.07) is 1.91. The smallest absolute Gasteiger partial charge is 0.359 e. The van der Waals surface area contributed by atoms with Crippen molar-refractivity contribution in [2.75, 3.05) is 38.6 Å². The summed E-state index contributed by atoms with van der Waals surface area (Å²) in [6.07, 6.45) is -2.31. The van der Waals surface area contributed by atoms with Crippen LogP contribution in [0.5, 0.6) is 0 Å². The number of rotatable bonds is 3. The third-order valence-corrected chi connectivity index (χ3v) is 4.06. The fraction of sp³-hybridized carbons (Fsp3) is 0.643. The Morgan fingerprint density at radius 1 is 1.33 bits per heavy atom. The topological polar surface area (TPSA) is 19.4 Å². The Bertz CT molecular complexity index is 485. The first-order chi connectivity index (χ1) is 9.75. The molecule has 1 aromatic heterocycles. The Balaban J connectivity index is 2.08. The fourth-order valence-electron chi connectivity index (χ4n) is 2.57. The van der Waals surface area contributed by atoms with Crippen molar-refractivity contribution < 1.29 is 13.2 Å². The molecule has 1 saturated heterocycles. The second-order valence-corrected chi connectivity index (χ2v) is 6.05. The summed E-state index contributed by atoms with van der Waals surface area (Å²) in [6.45, 7) is 2.74. The molecule has 1 aliphatic rings. The first kappa shape index (κ1) is 16.4. The van der Waals surface area contributed by atoms with Crippen LogP contribution in [0.3, 0.4) is 0 Å². The van der Waals surface area contributed by atoms with E-state index in [9.17, 15) is 13.2 Å². The zero-order valence-corrected chi connectivity index (χ0v) is 12.9. The molecule has 0 bridgehead atoms. The number of piperidine rings is 1. The van der Waals surface area contributed by atoms with E-state index >= 15 is 0 Å². The standard InChI is InChI=1S/C14H19ClF3N3/c1-20-5-3-10(4-6-20)9-21(2)13-8-11(14(16,17)18)7-12(15)19-13/h7-8,10H,3-6,9H2,1-2H3. The molecule has 3 nitrogen and oxygen atoms in total. The van der Waals surface area contributed by atoms with Crippen LogP contribution in [-0.4, -0.2) is 43.6 Å². The largest absolute Gasteiger partial charge is 0.416 e. The fourth-order valence-corrected chi connectivity index (χ4v) is 2.77. The molecule has 2 heterocycles. The van der Waals surface area contributed by atoms with Gasteiger partial charge < -0.3 is 9.80 Å². The monoisotopic (exact) mass is 321 g/mol. The van der Waals surface area contributed by atoms with Gasteiger partial charge in [0.15, 0.2) is 0 Å². The summed E-state index contributed by atoms with van der Waals surface area (Å²) >= 11 is 5.72. The van der Waals surface area contributed by atoms with Crippen LogP contribution in [0.15, 0.2) is 12.1 Å². The van der Waals surface area contributed by atoms with E-state index in [2.05, 4.69) is 16.9 Å². The van der Waals surface area contributed by atoms with Crippen LogP contribution in [0.4, 0.5) is 19.0 Å². The van der Waals surface area contributed by atoms with Gasteiger partial charge in [-0.1, -0.05) is 11.6 Å². The summed E-state index contributed by atoms with van der Waals surface area (Å²) in [4.78, 5) is 8.03. The van der Waals surface area contributed by atoms with Gasteiger partial charge in [0.1, 0.15) is 11.0 Å². The molecule has 7 heteroatoms. The van der Waals surface area contributed by atoms with Gasteiger partial charge in [0.05, 0.1) is 5.56 Å². The normalized spacial score (nSPS) is 18.0. The molecule has 0 aliphatic carbocycles. The molecule has 0 radical (unpaired) electrons. The van der Waals surface area contributed by atoms with Crippen molar-refractivity contribution in [2.24, 2.45) is 5.92 Å². The van der Waals surface area contributed by atoms with Gasteiger partial charge in [-0.05, 0) is 51.0 Å². The summed E-state index contributed by atoms with van der Waals surface area (Å²) in [5, 5.41) is -0.130. The Kier molecular flexibility index (Phi) is 4.99. The quantitative estimate of drug-likeness (QED) is 0.794. The van der Waals surface area contributed by atoms with Crippen molar-refractivity contribution in [2.45, 2.75) is 19.0 Å². The first-order valence-corrected chi connectivity index (χ1v) is 7.28. The van der Waals surface area contributed by atoms with E-state index in [0.717, 1.165) is 38.1 Å². The maximum absolute atomic E-state index is 12.8. The number of pyridine rings is 1. The molecule has 0 N–H and O–H groups in total. The molecule has 1 aromatic rings. The molecular formula is C14H19ClF3N3. The van der Waals surface area contributed by atoms with Crippen LogP contribution >= 0.6 is 11.6 Å². The lowest BCUT2D eigenvalue weighted by Gasteiger charge is -2.32. The van der Waals surface area contributed by atoms with Crippen LogP contribution in [0.2, 0.25) is 5.15 Å². The minimum Gasteiger partial charge on any atom is -0.359 e. The molecule has 0 atom stereocenters. The Morgan fingerprint density at radius 2 is 1.95 bits per heavy atom. The highest BCUT2D eigenvalue weighted by Crippen LogP contribution is 2.33. The summed E-state index contributed by atoms with van der Waals surface area (Å²) in [5.41, 5.74) is -0.757. The molecule has 0 unspecified atom stereocenters. The van der Waals surface area contributed by atoms with Gasteiger partial charge in [-0.2, -0.15) is 13.2 Å². The van der Waals surface area contributed by atoms with Crippen molar-refractivity contribution in [1.29, 1.82) is 0 Å². The number of halogens is 4. The number of aromatic nitrogens is 1. The molecule has 0 amide bonds. The molecule has 1 fully saturated rings. The van der Waals surface area contributed by atoms with Crippen molar-refractivity contribution in [3.8, 4) is 0 Å². The summed E-state index contributed by atoms with van der Waals surface area (Å²) in [7, 11) is 3.84. The highest BCUT2D eigenvalue weighted by Gasteiger charge is 2.32. The van der Waals surface area contributed by atoms with Gasteiger partial charge in [-0.15, -0.1) is 0 Å². The van der Waals surface area contributed by atoms with Gasteiger partial charge >= 0.3 is 6.18 Å². The Morgan fingerprint density at radius 3 is 2.52 bits per heavy atom. The number of nitrogens with zero attached hydrogens (tertiary/aromatic N) is 3. The predicted molar refractivity (Wildman–Crippen MR) is 77.7 cm³/mol. The van der Waals surface area contributed by atoms with E-state index in [4.69, 9.17) is 11.6 Å². The molecule has 21 heavy (non-hydrogen) atoms. The van der Waals surface area contributed by atoms with Crippen LogP contribution in [0.25, 0.3) is 0 Å². The minimum atomic E-state index is -4.41. The van der Waals surface area contributed by atoms with Gasteiger partial charge in [0, 0.05) is 13.6 Å². The zero-order chi connectivity index (χ0) is 15.6. The number of alkyl halides is 3. The van der Waals surface area contributed by atoms with E-state index in [1.165, 1.54) is 0 Å². The van der Waals surface area contributed by atoms with Crippen LogP contribution in [0, 0.1) is 5.92 Å². The van der Waals surface area contributed by atoms with Crippen molar-refractivity contribution in [3.05, 3.63) is 22.8 Å². The number of hydrogen-bond donors (Lipinski definition) is 0. The lowest BCUT2D eigenvalue weighted by Crippen LogP contribution is -2.36. The summed E-state index contributed by atoms with van der Waals surface area (Å²) < 4.78 is 38.4. The predicted octanol–water partition coefficient (Wildman–Crippen LogP) is 3.53. The third kappa shape index (κ3) is 4.48. The van der Waals surface area contributed by atoms with Crippen LogP contribution in [-0.2, 0) is 6.18 Å². The second kappa shape index (κ2) is 6.40. The molecule has 2 rings (SSSR count). The second-order valence-electron chi connectivity index (χ2n) is 5.66. The lowest BCUT2D eigenvalue weighted by atomic mass is 9.97. The number of anilines is 1. The maximum atomic E-state index is 12.8. The van der Waals surface area contributed by atoms with Gasteiger partial charge in [0.2, 0.25) is 0 Å². The van der Waals surface area contributed by atoms with E-state index in [1.807, 2.05) is 0 Å². The molecule has 0 saturated carbocycles. The van der Waals surface area contributed by atoms with E-state index in [1.54, 1.807) is 11.9 Å². The Hall–Kier alpha value is -1.01. The lowest BCUT2D eigenvalue weighted by molar-refractivity contribution is -0.137. The van der Waals surface area contributed by atoms with Gasteiger partial charge in [-0.25, -0.2) is 4.98 Å². The van der Waals surface area contributed by atoms with E-state index in [-0.39, 0.29) is 11.0 Å². The van der Waals surface area contributed by atoms with Crippen LogP contribution in [0.1, 0.15) is 18.4 Å². The van der Waals surface area contributed by atoms with Gasteiger partial charge in [-0.3, -0.25) is 0 Å². The number of hydrogen-bond acceptors (Lipinski definition) is 3. The molecule has 0 aromatic carbocycles. The average molecular weight is 322 g/mol. The molecule has 118 valence electrons. The Labute approximate surface area is 127 Å². The van der Waals surface area contributed by atoms with Crippen LogP contribution < -0.4 is 4.90 Å². The van der Waals surface area contributed by atoms with E-state index in [0.29, 0.717) is 12.5 Å². The maximum Gasteiger partial charge on any atom is 0.416 e. The van der Waals surface area contributed by atoms with Crippen molar-refractivity contribution >= 4 is 17.4 Å². The zero-order valence-electron chi connectivity index (χ0n) is 12.1. The average Bonchev–Trinajstić information content (AvgIpc) is 2.39. The highest BCUT2D eigenvalue weighted by molar-refractivity contribution is 6.29. The van der Waals surface area contributed by atoms with Crippen molar-refractivity contribution in [1.82, 2.24) is 9.88 Å². The molecular weight excluding hydrogens is 303 g/mol. The third-order valence-electron chi connectivity index (χ3n) is 3.87. The summed E-state index contributed by atoms with van der Waals surface area (Å²) in [5.74, 6) is 0.745. The van der Waals surface area contributed by atoms with Gasteiger partial charge in [0.25, 0.3) is 0 Å². The SMILES string of the molecule is CN1CCC(CN(C)c2cc(C(F)(F)F)cc(Cl)n2)CC1. The minimum absolute atomic E-state index is 0.130. The van der Waals surface area contributed by atoms with Crippen molar-refractivity contribution in [3.63, 3.8) is 0 Å². The van der Waals surface area contributed by atoms with E-state index < -0.39 is 11.7 Å². The molecule has 1 aliphatic heterocycles. The highest BCUT2D eigenvalue weighted by atomic mass is 35.5. The number of likely N-dealkylation sites (tertiary alicyclic amines) is 1. The first-order valence-electron chi connectivity index (χ1n) is 6.90.